The summed E-state index contributed by atoms with van der Waals surface area (Å²) in [4.78, 5) is 40.0. The maximum absolute atomic E-state index is 13.6. The van der Waals surface area contributed by atoms with Crippen molar-refractivity contribution in [3.8, 4) is 0 Å². The van der Waals surface area contributed by atoms with Crippen LogP contribution in [0.3, 0.4) is 0 Å². The molecule has 3 unspecified atom stereocenters. The van der Waals surface area contributed by atoms with Gasteiger partial charge in [0.1, 0.15) is 19.3 Å². The Bertz CT molecular complexity index is 1400. The van der Waals surface area contributed by atoms with Crippen LogP contribution < -0.4 is 10.2 Å². The van der Waals surface area contributed by atoms with E-state index < -0.39 is 20.0 Å². The number of quaternary nitrogens is 1. The normalized spacial score (nSPS) is 13.8. The third-order valence-electron chi connectivity index (χ3n) is 14.8. The number of likely N-dealkylation sites (N-methyl/N-ethyl adjacent to an activating group) is 1. The van der Waals surface area contributed by atoms with Gasteiger partial charge in [0.25, 0.3) is 7.82 Å². The van der Waals surface area contributed by atoms with Gasteiger partial charge in [-0.15, -0.1) is 0 Å². The second-order valence-corrected chi connectivity index (χ2v) is 25.0. The summed E-state index contributed by atoms with van der Waals surface area (Å²) >= 11 is 0. The number of phosphoric ester groups is 1. The van der Waals surface area contributed by atoms with Gasteiger partial charge in [0, 0.05) is 12.8 Å². The Morgan fingerprint density at radius 2 is 0.763 bits per heavy atom. The van der Waals surface area contributed by atoms with Crippen molar-refractivity contribution in [1.82, 2.24) is 5.32 Å². The number of allylic oxidation sites excluding steroid dienone is 5. The van der Waals surface area contributed by atoms with E-state index in [0.717, 1.165) is 70.6 Å². The smallest absolute Gasteiger partial charge is 0.306 e. The van der Waals surface area contributed by atoms with Gasteiger partial charge in [0.15, 0.2) is 0 Å². The predicted octanol–water partition coefficient (Wildman–Crippen LogP) is 19.7. The molecule has 0 rings (SSSR count). The number of unbranched alkanes of at least 4 members (excludes halogenated alkanes) is 40. The van der Waals surface area contributed by atoms with Crippen LogP contribution in [-0.2, 0) is 27.9 Å². The van der Waals surface area contributed by atoms with Gasteiger partial charge >= 0.3 is 5.97 Å². The molecular weight excluding hydrogens is 964 g/mol. The first-order valence-corrected chi connectivity index (χ1v) is 34.3. The van der Waals surface area contributed by atoms with E-state index in [2.05, 4.69) is 50.4 Å². The molecule has 448 valence electrons. The van der Waals surface area contributed by atoms with E-state index in [1.165, 1.54) is 218 Å². The van der Waals surface area contributed by atoms with E-state index in [9.17, 15) is 19.0 Å². The van der Waals surface area contributed by atoms with Crippen molar-refractivity contribution in [3.63, 3.8) is 0 Å². The SMILES string of the molecule is CCCCCC/C=C\CCCCCCCCCC(=O)OC(/C=C\CCCCCCCCCCCC)C(COP(=O)([O-])OCC[N+](C)(C)C)NC(=O)CCCCCCCCCCCCCCC/C=C/CCCCCCCC. The van der Waals surface area contributed by atoms with Crippen molar-refractivity contribution in [3.05, 3.63) is 36.5 Å². The van der Waals surface area contributed by atoms with Gasteiger partial charge in [0.05, 0.1) is 33.8 Å². The zero-order valence-corrected chi connectivity index (χ0v) is 52.1. The summed E-state index contributed by atoms with van der Waals surface area (Å²) in [5.41, 5.74) is 0. The van der Waals surface area contributed by atoms with Crippen molar-refractivity contribution >= 4 is 19.7 Å². The minimum atomic E-state index is -4.70. The number of esters is 1. The minimum absolute atomic E-state index is 0.0209. The molecule has 1 N–H and O–H groups in total. The van der Waals surface area contributed by atoms with Crippen molar-refractivity contribution in [2.24, 2.45) is 0 Å². The highest BCUT2D eigenvalue weighted by molar-refractivity contribution is 7.45. The Morgan fingerprint density at radius 3 is 1.13 bits per heavy atom. The summed E-state index contributed by atoms with van der Waals surface area (Å²) in [6.07, 6.45) is 68.3. The maximum atomic E-state index is 13.6. The summed E-state index contributed by atoms with van der Waals surface area (Å²) in [7, 11) is 1.19. The molecule has 0 radical (unpaired) electrons. The number of amides is 1. The Kier molecular flexibility index (Phi) is 55.2. The lowest BCUT2D eigenvalue weighted by molar-refractivity contribution is -0.870. The molecule has 0 saturated carbocycles. The van der Waals surface area contributed by atoms with Crippen LogP contribution in [0.4, 0.5) is 0 Å². The van der Waals surface area contributed by atoms with Crippen LogP contribution in [0.25, 0.3) is 0 Å². The fraction of sp³-hybridized carbons (Fsp3) is 0.879. The van der Waals surface area contributed by atoms with Crippen molar-refractivity contribution in [1.29, 1.82) is 0 Å². The van der Waals surface area contributed by atoms with Crippen LogP contribution in [-0.4, -0.2) is 69.4 Å². The van der Waals surface area contributed by atoms with Gasteiger partial charge < -0.3 is 28.5 Å². The molecule has 0 saturated heterocycles. The number of phosphoric acid groups is 1. The van der Waals surface area contributed by atoms with Crippen molar-refractivity contribution in [2.45, 2.75) is 335 Å². The Labute approximate surface area is 472 Å². The number of hydrogen-bond acceptors (Lipinski definition) is 7. The molecule has 0 aromatic carbocycles. The van der Waals surface area contributed by atoms with E-state index >= 15 is 0 Å². The fourth-order valence-electron chi connectivity index (χ4n) is 9.69. The summed E-state index contributed by atoms with van der Waals surface area (Å²) in [6.45, 7) is 6.86. The van der Waals surface area contributed by atoms with Crippen LogP contribution in [0.15, 0.2) is 36.5 Å². The van der Waals surface area contributed by atoms with Gasteiger partial charge in [-0.1, -0.05) is 263 Å². The third-order valence-corrected chi connectivity index (χ3v) is 15.8. The molecule has 0 bridgehead atoms. The minimum Gasteiger partial charge on any atom is -0.756 e. The monoisotopic (exact) mass is 1090 g/mol. The standard InChI is InChI=1S/C66H127N2O7P/c1-7-10-13-16-19-22-25-28-30-31-32-33-34-35-36-37-39-40-43-46-49-52-55-58-65(69)67-63(62-74-76(71,72)73-61-60-68(4,5)6)64(57-54-51-48-45-42-27-24-21-18-15-12-9-3)75-66(70)59-56-53-50-47-44-41-38-29-26-23-20-17-14-11-8-2/h23,26,28,30,54,57,63-64H,7-22,24-25,27,29,31-53,55-56,58-62H2,1-6H3,(H-,67,69,71,72)/b26-23-,30-28+,57-54-. The highest BCUT2D eigenvalue weighted by Crippen LogP contribution is 2.38. The summed E-state index contributed by atoms with van der Waals surface area (Å²) in [5.74, 6) is -0.533. The summed E-state index contributed by atoms with van der Waals surface area (Å²) in [6, 6.07) is -0.887. The molecule has 10 heteroatoms. The van der Waals surface area contributed by atoms with Gasteiger partial charge in [-0.3, -0.25) is 14.2 Å². The lowest BCUT2D eigenvalue weighted by atomic mass is 10.0. The third kappa shape index (κ3) is 56.9. The lowest BCUT2D eigenvalue weighted by Gasteiger charge is -2.30. The molecular formula is C66H127N2O7P. The first kappa shape index (κ1) is 74.2. The van der Waals surface area contributed by atoms with Crippen LogP contribution in [0.2, 0.25) is 0 Å². The zero-order chi connectivity index (χ0) is 55.7. The fourth-order valence-corrected chi connectivity index (χ4v) is 10.4. The molecule has 0 fully saturated rings. The van der Waals surface area contributed by atoms with Crippen LogP contribution in [0, 0.1) is 0 Å². The number of ether oxygens (including phenoxy) is 1. The molecule has 9 nitrogen and oxygen atoms in total. The molecule has 1 amide bonds. The number of nitrogens with one attached hydrogen (secondary N) is 1. The first-order valence-electron chi connectivity index (χ1n) is 32.8. The second kappa shape index (κ2) is 56.5. The van der Waals surface area contributed by atoms with Gasteiger partial charge in [0.2, 0.25) is 5.91 Å². The predicted molar refractivity (Wildman–Crippen MR) is 326 cm³/mol. The van der Waals surface area contributed by atoms with Crippen LogP contribution >= 0.6 is 7.82 Å². The molecule has 0 aliphatic heterocycles. The molecule has 0 heterocycles. The highest BCUT2D eigenvalue weighted by atomic mass is 31.2. The molecule has 3 atom stereocenters. The summed E-state index contributed by atoms with van der Waals surface area (Å²) in [5, 5.41) is 3.04. The molecule has 0 spiro atoms. The number of nitrogens with zero attached hydrogens (tertiary/aromatic N) is 1. The number of rotatable bonds is 60. The van der Waals surface area contributed by atoms with Gasteiger partial charge in [-0.25, -0.2) is 0 Å². The molecule has 0 aromatic heterocycles. The molecule has 0 aromatic rings. The van der Waals surface area contributed by atoms with Crippen molar-refractivity contribution < 1.29 is 37.3 Å². The molecule has 76 heavy (non-hydrogen) atoms. The van der Waals surface area contributed by atoms with E-state index in [1.54, 1.807) is 0 Å². The number of carbonyl (C=O) groups is 2. The number of carbonyl (C=O) groups excluding carboxylic acids is 2. The van der Waals surface area contributed by atoms with Gasteiger partial charge in [-0.05, 0) is 83.1 Å². The second-order valence-electron chi connectivity index (χ2n) is 23.6. The zero-order valence-electron chi connectivity index (χ0n) is 51.2. The van der Waals surface area contributed by atoms with E-state index in [-0.39, 0.29) is 31.5 Å². The molecule has 0 aliphatic rings. The number of hydrogen-bond donors (Lipinski definition) is 1. The Balaban J connectivity index is 5.12. The van der Waals surface area contributed by atoms with Crippen LogP contribution in [0.1, 0.15) is 323 Å². The quantitative estimate of drug-likeness (QED) is 0.0212. The Morgan fingerprint density at radius 1 is 0.447 bits per heavy atom. The maximum Gasteiger partial charge on any atom is 0.306 e. The van der Waals surface area contributed by atoms with Crippen LogP contribution in [0.5, 0.6) is 0 Å². The van der Waals surface area contributed by atoms with Crippen molar-refractivity contribution in [2.75, 3.05) is 40.9 Å². The average molecular weight is 1090 g/mol. The highest BCUT2D eigenvalue weighted by Gasteiger charge is 2.27. The first-order chi connectivity index (χ1) is 36.9. The van der Waals surface area contributed by atoms with Gasteiger partial charge in [-0.2, -0.15) is 0 Å². The Hall–Kier alpha value is -1.77. The average Bonchev–Trinajstić information content (AvgIpc) is 3.38. The topological polar surface area (TPSA) is 114 Å². The largest absolute Gasteiger partial charge is 0.756 e. The van der Waals surface area contributed by atoms with E-state index in [1.807, 2.05) is 33.3 Å². The van der Waals surface area contributed by atoms with E-state index in [4.69, 9.17) is 13.8 Å². The summed E-state index contributed by atoms with van der Waals surface area (Å²) < 4.78 is 30.4. The molecule has 0 aliphatic carbocycles. The lowest BCUT2D eigenvalue weighted by Crippen LogP contribution is -2.47. The van der Waals surface area contributed by atoms with E-state index in [0.29, 0.717) is 17.4 Å².